The number of aliphatic hydroxyl groups excluding tert-OH is 1. The minimum absolute atomic E-state index is 0.0399. The summed E-state index contributed by atoms with van der Waals surface area (Å²) >= 11 is 11.6. The van der Waals surface area contributed by atoms with Gasteiger partial charge in [-0.05, 0) is 23.9 Å². The number of anilines is 1. The average Bonchev–Trinajstić information content (AvgIpc) is 2.45. The van der Waals surface area contributed by atoms with Crippen LogP contribution in [0.3, 0.4) is 0 Å². The third-order valence-electron chi connectivity index (χ3n) is 3.81. The Kier molecular flexibility index (Phi) is 3.86. The molecule has 21 heavy (non-hydrogen) atoms. The Balaban J connectivity index is 2.12. The molecule has 2 aromatic rings. The number of hydrogen-bond acceptors (Lipinski definition) is 5. The van der Waals surface area contributed by atoms with Crippen molar-refractivity contribution in [3.63, 3.8) is 0 Å². The summed E-state index contributed by atoms with van der Waals surface area (Å²) < 4.78 is 14.1. The molecule has 1 aliphatic rings. The third kappa shape index (κ3) is 2.63. The van der Waals surface area contributed by atoms with Crippen LogP contribution >= 0.6 is 23.2 Å². The van der Waals surface area contributed by atoms with Gasteiger partial charge in [0.1, 0.15) is 11.3 Å². The van der Waals surface area contributed by atoms with Crippen molar-refractivity contribution < 1.29 is 9.50 Å². The highest BCUT2D eigenvalue weighted by Crippen LogP contribution is 2.31. The van der Waals surface area contributed by atoms with Crippen molar-refractivity contribution in [2.75, 3.05) is 18.0 Å². The van der Waals surface area contributed by atoms with E-state index in [1.807, 2.05) is 11.8 Å². The Bertz CT molecular complexity index is 699. The second-order valence-electron chi connectivity index (χ2n) is 5.22. The Morgan fingerprint density at radius 3 is 2.86 bits per heavy atom. The molecule has 1 fully saturated rings. The summed E-state index contributed by atoms with van der Waals surface area (Å²) in [6, 6.07) is 0. The molecule has 0 aliphatic carbocycles. The minimum Gasteiger partial charge on any atom is -0.391 e. The summed E-state index contributed by atoms with van der Waals surface area (Å²) in [5.41, 5.74) is 0.0399. The number of fused-ring (bicyclic) bond motifs is 1. The molecule has 2 atom stereocenters. The molecule has 2 aromatic heterocycles. The fourth-order valence-electron chi connectivity index (χ4n) is 2.48. The zero-order chi connectivity index (χ0) is 15.1. The van der Waals surface area contributed by atoms with E-state index in [0.29, 0.717) is 24.3 Å². The lowest BCUT2D eigenvalue weighted by Crippen LogP contribution is -2.43. The molecular weight excluding hydrogens is 318 g/mol. The summed E-state index contributed by atoms with van der Waals surface area (Å²) in [5, 5.41) is 10.1. The van der Waals surface area contributed by atoms with Crippen LogP contribution < -0.4 is 4.90 Å². The van der Waals surface area contributed by atoms with E-state index < -0.39 is 11.9 Å². The number of piperidine rings is 1. The minimum atomic E-state index is -0.717. The Morgan fingerprint density at radius 1 is 1.38 bits per heavy atom. The van der Waals surface area contributed by atoms with Crippen LogP contribution in [-0.4, -0.2) is 39.3 Å². The van der Waals surface area contributed by atoms with E-state index >= 15 is 0 Å². The first-order valence-electron chi connectivity index (χ1n) is 6.57. The molecule has 0 radical (unpaired) electrons. The van der Waals surface area contributed by atoms with Gasteiger partial charge in [-0.1, -0.05) is 18.5 Å². The zero-order valence-electron chi connectivity index (χ0n) is 11.2. The molecule has 1 aliphatic heterocycles. The molecule has 0 amide bonds. The topological polar surface area (TPSA) is 62.1 Å². The number of rotatable bonds is 1. The van der Waals surface area contributed by atoms with Crippen molar-refractivity contribution in [3.05, 3.63) is 22.5 Å². The van der Waals surface area contributed by atoms with E-state index in [9.17, 15) is 9.50 Å². The molecule has 2 unspecified atom stereocenters. The van der Waals surface area contributed by atoms with E-state index in [1.54, 1.807) is 0 Å². The summed E-state index contributed by atoms with van der Waals surface area (Å²) in [4.78, 5) is 13.7. The molecule has 0 bridgehead atoms. The summed E-state index contributed by atoms with van der Waals surface area (Å²) in [6.45, 7) is 3.10. The maximum Gasteiger partial charge on any atom is 0.225 e. The molecule has 3 rings (SSSR count). The standard InChI is InChI=1S/C13H13Cl2FN4O/c1-6-2-3-20(5-8(6)21)12-7-4-17-11(14)9(16)10(7)18-13(15)19-12/h4,6,8,21H,2-3,5H2,1H3. The van der Waals surface area contributed by atoms with Gasteiger partial charge in [0.25, 0.3) is 0 Å². The lowest BCUT2D eigenvalue weighted by molar-refractivity contribution is 0.103. The first kappa shape index (κ1) is 14.7. The highest BCUT2D eigenvalue weighted by Gasteiger charge is 2.27. The van der Waals surface area contributed by atoms with Crippen LogP contribution in [0.5, 0.6) is 0 Å². The maximum absolute atomic E-state index is 14.1. The van der Waals surface area contributed by atoms with Crippen molar-refractivity contribution in [3.8, 4) is 0 Å². The largest absolute Gasteiger partial charge is 0.391 e. The lowest BCUT2D eigenvalue weighted by atomic mass is 9.96. The summed E-state index contributed by atoms with van der Waals surface area (Å²) in [7, 11) is 0. The van der Waals surface area contributed by atoms with Gasteiger partial charge < -0.3 is 10.0 Å². The second kappa shape index (κ2) is 5.51. The van der Waals surface area contributed by atoms with Crippen LogP contribution in [0.2, 0.25) is 10.4 Å². The second-order valence-corrected chi connectivity index (χ2v) is 5.92. The van der Waals surface area contributed by atoms with Gasteiger partial charge in [0.2, 0.25) is 5.28 Å². The fraction of sp³-hybridized carbons (Fsp3) is 0.462. The van der Waals surface area contributed by atoms with Crippen molar-refractivity contribution >= 4 is 39.9 Å². The van der Waals surface area contributed by atoms with Crippen molar-refractivity contribution in [1.29, 1.82) is 0 Å². The Labute approximate surface area is 130 Å². The Morgan fingerprint density at radius 2 is 2.14 bits per heavy atom. The number of β-amino-alcohol motifs (C(OH)–C–C–N with tert-alkyl or cyclic N) is 1. The molecule has 1 saturated heterocycles. The molecular formula is C13H13Cl2FN4O. The lowest BCUT2D eigenvalue weighted by Gasteiger charge is -2.35. The van der Waals surface area contributed by atoms with Crippen molar-refractivity contribution in [2.24, 2.45) is 5.92 Å². The number of halogens is 3. The van der Waals surface area contributed by atoms with Gasteiger partial charge in [0, 0.05) is 19.3 Å². The van der Waals surface area contributed by atoms with Crippen LogP contribution in [0.15, 0.2) is 6.20 Å². The SMILES string of the molecule is CC1CCN(c2nc(Cl)nc3c(F)c(Cl)ncc23)CC1O. The average molecular weight is 331 g/mol. The summed E-state index contributed by atoms with van der Waals surface area (Å²) in [5.74, 6) is -0.0289. The zero-order valence-corrected chi connectivity index (χ0v) is 12.7. The van der Waals surface area contributed by atoms with Gasteiger partial charge in [-0.25, -0.2) is 14.4 Å². The van der Waals surface area contributed by atoms with E-state index in [1.165, 1.54) is 6.20 Å². The van der Waals surface area contributed by atoms with Crippen LogP contribution in [-0.2, 0) is 0 Å². The first-order chi connectivity index (χ1) is 9.97. The van der Waals surface area contributed by atoms with Crippen LogP contribution in [0.4, 0.5) is 10.2 Å². The molecule has 0 spiro atoms. The van der Waals surface area contributed by atoms with Gasteiger partial charge in [0.15, 0.2) is 11.0 Å². The maximum atomic E-state index is 14.1. The highest BCUT2D eigenvalue weighted by atomic mass is 35.5. The number of nitrogens with zero attached hydrogens (tertiary/aromatic N) is 4. The summed E-state index contributed by atoms with van der Waals surface area (Å²) in [6.07, 6.45) is 1.78. The smallest absolute Gasteiger partial charge is 0.225 e. The Hall–Kier alpha value is -1.24. The molecule has 1 N–H and O–H groups in total. The third-order valence-corrected chi connectivity index (χ3v) is 4.24. The van der Waals surface area contributed by atoms with Gasteiger partial charge in [0.05, 0.1) is 11.5 Å². The predicted octanol–water partition coefficient (Wildman–Crippen LogP) is 2.68. The molecule has 0 saturated carbocycles. The molecule has 8 heteroatoms. The first-order valence-corrected chi connectivity index (χ1v) is 7.33. The number of hydrogen-bond donors (Lipinski definition) is 1. The van der Waals surface area contributed by atoms with Crippen LogP contribution in [0.25, 0.3) is 10.9 Å². The predicted molar refractivity (Wildman–Crippen MR) is 79.3 cm³/mol. The van der Waals surface area contributed by atoms with Gasteiger partial charge in [-0.3, -0.25) is 0 Å². The number of aromatic nitrogens is 3. The normalized spacial score (nSPS) is 22.8. The monoisotopic (exact) mass is 330 g/mol. The number of pyridine rings is 1. The molecule has 5 nitrogen and oxygen atoms in total. The fourth-order valence-corrected chi connectivity index (χ4v) is 2.78. The van der Waals surface area contributed by atoms with E-state index in [4.69, 9.17) is 23.2 Å². The molecule has 3 heterocycles. The van der Waals surface area contributed by atoms with E-state index in [0.717, 1.165) is 6.42 Å². The quantitative estimate of drug-likeness (QED) is 0.643. The van der Waals surface area contributed by atoms with Crippen molar-refractivity contribution in [1.82, 2.24) is 15.0 Å². The van der Waals surface area contributed by atoms with Gasteiger partial charge in [-0.2, -0.15) is 4.98 Å². The van der Waals surface area contributed by atoms with Gasteiger partial charge >= 0.3 is 0 Å². The van der Waals surface area contributed by atoms with E-state index in [-0.39, 0.29) is 21.9 Å². The van der Waals surface area contributed by atoms with E-state index in [2.05, 4.69) is 15.0 Å². The molecule has 0 aromatic carbocycles. The van der Waals surface area contributed by atoms with Gasteiger partial charge in [-0.15, -0.1) is 0 Å². The number of aliphatic hydroxyl groups is 1. The highest BCUT2D eigenvalue weighted by molar-refractivity contribution is 6.30. The molecule has 112 valence electrons. The van der Waals surface area contributed by atoms with Crippen LogP contribution in [0, 0.1) is 11.7 Å². The van der Waals surface area contributed by atoms with Crippen molar-refractivity contribution in [2.45, 2.75) is 19.4 Å². The van der Waals surface area contributed by atoms with Crippen LogP contribution in [0.1, 0.15) is 13.3 Å².